The normalized spacial score (nSPS) is 10.5. The van der Waals surface area contributed by atoms with E-state index in [1.807, 2.05) is 0 Å². The van der Waals surface area contributed by atoms with E-state index in [4.69, 9.17) is 4.74 Å². The Balaban J connectivity index is 2.84. The van der Waals surface area contributed by atoms with Crippen LogP contribution >= 0.6 is 11.3 Å². The lowest BCUT2D eigenvalue weighted by Gasteiger charge is -2.18. The summed E-state index contributed by atoms with van der Waals surface area (Å²) < 4.78 is 5.04. The highest BCUT2D eigenvalue weighted by molar-refractivity contribution is 7.17. The average Bonchev–Trinajstić information content (AvgIpc) is 2.74. The quantitative estimate of drug-likeness (QED) is 0.671. The molecule has 1 rings (SSSR count). The number of carbonyl (C=O) groups is 1. The third-order valence-corrected chi connectivity index (χ3v) is 3.62. The molecule has 17 heavy (non-hydrogen) atoms. The summed E-state index contributed by atoms with van der Waals surface area (Å²) in [5.41, 5.74) is 0.748. The monoisotopic (exact) mass is 256 g/mol. The fraction of sp³-hybridized carbons (Fsp3) is 0.667. The Bertz CT molecular complexity index is 352. The number of hydrogen-bond acceptors (Lipinski definition) is 5. The molecule has 4 nitrogen and oxygen atoms in total. The van der Waals surface area contributed by atoms with Crippen LogP contribution < -0.4 is 4.90 Å². The number of aldehydes is 1. The van der Waals surface area contributed by atoms with Gasteiger partial charge in [-0.2, -0.15) is 0 Å². The Labute approximate surface area is 107 Å². The van der Waals surface area contributed by atoms with E-state index in [0.29, 0.717) is 11.5 Å². The largest absolute Gasteiger partial charge is 0.378 e. The number of ether oxygens (including phenoxy) is 1. The van der Waals surface area contributed by atoms with Crippen molar-refractivity contribution < 1.29 is 9.53 Å². The van der Waals surface area contributed by atoms with E-state index < -0.39 is 0 Å². The van der Waals surface area contributed by atoms with Crippen molar-refractivity contribution in [2.24, 2.45) is 0 Å². The van der Waals surface area contributed by atoms with Crippen LogP contribution in [0.2, 0.25) is 0 Å². The average molecular weight is 256 g/mol. The predicted octanol–water partition coefficient (Wildman–Crippen LogP) is 2.73. The van der Waals surface area contributed by atoms with Crippen LogP contribution in [-0.2, 0) is 11.3 Å². The number of hydrogen-bond donors (Lipinski definition) is 0. The summed E-state index contributed by atoms with van der Waals surface area (Å²) in [7, 11) is 1.61. The van der Waals surface area contributed by atoms with Crippen molar-refractivity contribution in [3.05, 3.63) is 10.6 Å². The first kappa shape index (κ1) is 14.1. The molecule has 1 aromatic rings. The first-order valence-electron chi connectivity index (χ1n) is 5.95. The van der Waals surface area contributed by atoms with E-state index in [-0.39, 0.29) is 0 Å². The number of anilines is 1. The molecule has 0 radical (unpaired) electrons. The fourth-order valence-corrected chi connectivity index (χ4v) is 2.53. The molecule has 1 heterocycles. The molecule has 0 aliphatic heterocycles. The summed E-state index contributed by atoms with van der Waals surface area (Å²) in [5.74, 6) is 0. The Morgan fingerprint density at radius 1 is 1.47 bits per heavy atom. The number of aromatic nitrogens is 1. The lowest BCUT2D eigenvalue weighted by Crippen LogP contribution is -2.23. The van der Waals surface area contributed by atoms with Gasteiger partial charge >= 0.3 is 0 Å². The van der Waals surface area contributed by atoms with Gasteiger partial charge in [0.25, 0.3) is 0 Å². The number of unbranched alkanes of at least 4 members (excludes halogenated alkanes) is 1. The van der Waals surface area contributed by atoms with E-state index in [2.05, 4.69) is 23.7 Å². The van der Waals surface area contributed by atoms with E-state index in [9.17, 15) is 4.79 Å². The predicted molar refractivity (Wildman–Crippen MR) is 71.0 cm³/mol. The topological polar surface area (TPSA) is 42.4 Å². The molecule has 0 amide bonds. The fourth-order valence-electron chi connectivity index (χ4n) is 1.56. The Kier molecular flexibility index (Phi) is 6.15. The van der Waals surface area contributed by atoms with Gasteiger partial charge in [0.2, 0.25) is 0 Å². The molecule has 0 spiro atoms. The maximum atomic E-state index is 10.9. The third kappa shape index (κ3) is 3.78. The number of rotatable bonds is 8. The molecule has 0 unspecified atom stereocenters. The van der Waals surface area contributed by atoms with Crippen LogP contribution in [0.4, 0.5) is 5.13 Å². The molecule has 0 aliphatic carbocycles. The highest BCUT2D eigenvalue weighted by atomic mass is 32.1. The van der Waals surface area contributed by atoms with E-state index in [0.717, 1.165) is 43.0 Å². The van der Waals surface area contributed by atoms with Crippen molar-refractivity contribution in [3.8, 4) is 0 Å². The minimum atomic E-state index is 0.399. The molecule has 0 atom stereocenters. The van der Waals surface area contributed by atoms with Crippen LogP contribution in [-0.4, -0.2) is 31.5 Å². The zero-order valence-electron chi connectivity index (χ0n) is 10.7. The lowest BCUT2D eigenvalue weighted by molar-refractivity contribution is 0.112. The minimum absolute atomic E-state index is 0.399. The smallest absolute Gasteiger partial charge is 0.186 e. The van der Waals surface area contributed by atoms with Gasteiger partial charge in [0.15, 0.2) is 11.4 Å². The Morgan fingerprint density at radius 3 is 2.76 bits per heavy atom. The third-order valence-electron chi connectivity index (χ3n) is 2.54. The standard InChI is InChI=1S/C12H20N2O2S/c1-4-6-7-14(5-2)12-13-10(9-16-3)11(8-15)17-12/h8H,4-7,9H2,1-3H3. The molecular weight excluding hydrogens is 236 g/mol. The minimum Gasteiger partial charge on any atom is -0.378 e. The van der Waals surface area contributed by atoms with Gasteiger partial charge in [-0.05, 0) is 13.3 Å². The van der Waals surface area contributed by atoms with Crippen molar-refractivity contribution >= 4 is 22.8 Å². The second-order valence-corrected chi connectivity index (χ2v) is 4.80. The SMILES string of the molecule is CCCCN(CC)c1nc(COC)c(C=O)s1. The Morgan fingerprint density at radius 2 is 2.24 bits per heavy atom. The van der Waals surface area contributed by atoms with Gasteiger partial charge in [0.1, 0.15) is 0 Å². The van der Waals surface area contributed by atoms with Crippen LogP contribution in [0.25, 0.3) is 0 Å². The molecule has 96 valence electrons. The van der Waals surface area contributed by atoms with Gasteiger partial charge in [-0.3, -0.25) is 4.79 Å². The second-order valence-electron chi connectivity index (χ2n) is 3.79. The molecule has 5 heteroatoms. The second kappa shape index (κ2) is 7.40. The molecule has 0 bridgehead atoms. The molecule has 0 aliphatic rings. The van der Waals surface area contributed by atoms with E-state index in [1.54, 1.807) is 7.11 Å². The number of thiazole rings is 1. The highest BCUT2D eigenvalue weighted by Crippen LogP contribution is 2.25. The van der Waals surface area contributed by atoms with Crippen molar-refractivity contribution in [2.45, 2.75) is 33.3 Å². The van der Waals surface area contributed by atoms with Crippen LogP contribution in [0.1, 0.15) is 42.1 Å². The number of nitrogens with zero attached hydrogens (tertiary/aromatic N) is 2. The van der Waals surface area contributed by atoms with Crippen LogP contribution in [0.15, 0.2) is 0 Å². The molecule has 1 aromatic heterocycles. The van der Waals surface area contributed by atoms with Crippen molar-refractivity contribution in [3.63, 3.8) is 0 Å². The summed E-state index contributed by atoms with van der Waals surface area (Å²) in [6, 6.07) is 0. The van der Waals surface area contributed by atoms with Gasteiger partial charge in [-0.25, -0.2) is 4.98 Å². The van der Waals surface area contributed by atoms with Crippen LogP contribution in [0, 0.1) is 0 Å². The van der Waals surface area contributed by atoms with Gasteiger partial charge in [0.05, 0.1) is 17.2 Å². The number of carbonyl (C=O) groups excluding carboxylic acids is 1. The van der Waals surface area contributed by atoms with Gasteiger partial charge < -0.3 is 9.64 Å². The van der Waals surface area contributed by atoms with Crippen LogP contribution in [0.5, 0.6) is 0 Å². The number of methoxy groups -OCH3 is 1. The van der Waals surface area contributed by atoms with Gasteiger partial charge in [-0.1, -0.05) is 24.7 Å². The molecule has 0 fully saturated rings. The zero-order valence-corrected chi connectivity index (χ0v) is 11.5. The lowest BCUT2D eigenvalue weighted by atomic mass is 10.3. The van der Waals surface area contributed by atoms with Crippen molar-refractivity contribution in [1.29, 1.82) is 0 Å². The molecule has 0 saturated carbocycles. The summed E-state index contributed by atoms with van der Waals surface area (Å²) in [5, 5.41) is 0.926. The van der Waals surface area contributed by atoms with E-state index >= 15 is 0 Å². The van der Waals surface area contributed by atoms with Crippen molar-refractivity contribution in [1.82, 2.24) is 4.98 Å². The first-order valence-corrected chi connectivity index (χ1v) is 6.77. The summed E-state index contributed by atoms with van der Waals surface area (Å²) in [4.78, 5) is 18.3. The summed E-state index contributed by atoms with van der Waals surface area (Å²) in [6.07, 6.45) is 3.17. The zero-order chi connectivity index (χ0) is 12.7. The van der Waals surface area contributed by atoms with Gasteiger partial charge in [-0.15, -0.1) is 0 Å². The van der Waals surface area contributed by atoms with Crippen LogP contribution in [0.3, 0.4) is 0 Å². The molecular formula is C12H20N2O2S. The first-order chi connectivity index (χ1) is 8.26. The van der Waals surface area contributed by atoms with E-state index in [1.165, 1.54) is 11.3 Å². The molecule has 0 saturated heterocycles. The van der Waals surface area contributed by atoms with Gasteiger partial charge in [0, 0.05) is 20.2 Å². The maximum Gasteiger partial charge on any atom is 0.186 e. The summed E-state index contributed by atoms with van der Waals surface area (Å²) in [6.45, 7) is 6.58. The van der Waals surface area contributed by atoms with Crippen molar-refractivity contribution in [2.75, 3.05) is 25.1 Å². The Hall–Kier alpha value is -0.940. The highest BCUT2D eigenvalue weighted by Gasteiger charge is 2.14. The molecule has 0 N–H and O–H groups in total. The maximum absolute atomic E-state index is 10.9. The summed E-state index contributed by atoms with van der Waals surface area (Å²) >= 11 is 1.45. The molecule has 0 aromatic carbocycles.